The predicted molar refractivity (Wildman–Crippen MR) is 108 cm³/mol. The van der Waals surface area contributed by atoms with Gasteiger partial charge in [0.25, 0.3) is 0 Å². The third-order valence-corrected chi connectivity index (χ3v) is 6.58. The maximum atomic E-state index is 12.0. The minimum atomic E-state index is 0.0639. The molecule has 0 aromatic carbocycles. The fourth-order valence-electron chi connectivity index (χ4n) is 4.26. The van der Waals surface area contributed by atoms with Gasteiger partial charge in [0.05, 0.1) is 11.7 Å². The smallest absolute Gasteiger partial charge is 0.228 e. The van der Waals surface area contributed by atoms with Crippen molar-refractivity contribution in [2.75, 3.05) is 18.5 Å². The van der Waals surface area contributed by atoms with Crippen molar-refractivity contribution in [3.05, 3.63) is 30.6 Å². The lowest BCUT2D eigenvalue weighted by Gasteiger charge is -2.38. The van der Waals surface area contributed by atoms with Crippen molar-refractivity contribution >= 4 is 17.2 Å². The molecule has 1 saturated heterocycles. The van der Waals surface area contributed by atoms with Crippen LogP contribution in [-0.4, -0.2) is 44.5 Å². The van der Waals surface area contributed by atoms with Gasteiger partial charge in [-0.05, 0) is 37.8 Å². The summed E-state index contributed by atoms with van der Waals surface area (Å²) in [6, 6.07) is 6.40. The molecule has 3 aromatic heterocycles. The number of hydrogen-bond acceptors (Lipinski definition) is 5. The van der Waals surface area contributed by atoms with Crippen LogP contribution in [-0.2, 0) is 11.8 Å². The molecule has 8 nitrogen and oxygen atoms in total. The molecule has 1 spiro atoms. The number of ether oxygens (including phenoxy) is 1. The third-order valence-electron chi connectivity index (χ3n) is 6.58. The predicted octanol–water partition coefficient (Wildman–Crippen LogP) is 2.21. The molecule has 2 N–H and O–H groups in total. The summed E-state index contributed by atoms with van der Waals surface area (Å²) in [5.74, 6) is 1.60. The standard InChI is InChI=1S/C21H24N6O2/c1-26-19(16(10-23-26)29-11-17-21(5-6-21)12-22-17)14-4-7-27-15(8-14)9-18(25-27)24-20(28)13-2-3-13/h4,7-10,13,17,22H,2-3,5-6,11-12H2,1H3,(H,24,25,28)/t17-/m0/s1. The number of aryl methyl sites for hydroxylation is 1. The van der Waals surface area contributed by atoms with Gasteiger partial charge in [-0.25, -0.2) is 4.52 Å². The Morgan fingerprint density at radius 2 is 2.24 bits per heavy atom. The van der Waals surface area contributed by atoms with Gasteiger partial charge in [-0.2, -0.15) is 10.2 Å². The van der Waals surface area contributed by atoms with Crippen LogP contribution in [0.15, 0.2) is 30.6 Å². The highest BCUT2D eigenvalue weighted by Crippen LogP contribution is 2.53. The highest BCUT2D eigenvalue weighted by molar-refractivity contribution is 5.93. The lowest BCUT2D eigenvalue weighted by atomic mass is 9.89. The number of pyridine rings is 1. The van der Waals surface area contributed by atoms with Gasteiger partial charge in [0.15, 0.2) is 11.6 Å². The molecule has 0 bridgehead atoms. The van der Waals surface area contributed by atoms with Crippen molar-refractivity contribution in [1.29, 1.82) is 0 Å². The van der Waals surface area contributed by atoms with E-state index in [4.69, 9.17) is 4.74 Å². The minimum Gasteiger partial charge on any atom is -0.488 e. The molecule has 1 amide bonds. The van der Waals surface area contributed by atoms with E-state index in [0.29, 0.717) is 23.9 Å². The summed E-state index contributed by atoms with van der Waals surface area (Å²) in [5, 5.41) is 15.3. The van der Waals surface area contributed by atoms with Crippen LogP contribution >= 0.6 is 0 Å². The Balaban J connectivity index is 1.24. The summed E-state index contributed by atoms with van der Waals surface area (Å²) in [5.41, 5.74) is 3.37. The lowest BCUT2D eigenvalue weighted by molar-refractivity contribution is -0.117. The lowest BCUT2D eigenvalue weighted by Crippen LogP contribution is -2.57. The van der Waals surface area contributed by atoms with E-state index < -0.39 is 0 Å². The normalized spacial score (nSPS) is 21.9. The topological polar surface area (TPSA) is 85.5 Å². The van der Waals surface area contributed by atoms with E-state index in [9.17, 15) is 4.79 Å². The number of nitrogens with zero attached hydrogens (tertiary/aromatic N) is 4. The largest absolute Gasteiger partial charge is 0.488 e. The summed E-state index contributed by atoms with van der Waals surface area (Å²) in [4.78, 5) is 12.0. The molecule has 6 rings (SSSR count). The van der Waals surface area contributed by atoms with Gasteiger partial charge in [-0.1, -0.05) is 0 Å². The zero-order valence-corrected chi connectivity index (χ0v) is 16.4. The maximum Gasteiger partial charge on any atom is 0.228 e. The van der Waals surface area contributed by atoms with Crippen molar-refractivity contribution in [1.82, 2.24) is 24.7 Å². The van der Waals surface area contributed by atoms with Crippen molar-refractivity contribution in [2.45, 2.75) is 31.7 Å². The molecule has 2 aliphatic carbocycles. The van der Waals surface area contributed by atoms with Crippen molar-refractivity contribution < 1.29 is 9.53 Å². The fraction of sp³-hybridized carbons (Fsp3) is 0.476. The van der Waals surface area contributed by atoms with Crippen LogP contribution in [0.2, 0.25) is 0 Å². The zero-order chi connectivity index (χ0) is 19.6. The molecular formula is C21H24N6O2. The summed E-state index contributed by atoms with van der Waals surface area (Å²) in [6.45, 7) is 1.80. The molecule has 0 radical (unpaired) electrons. The third kappa shape index (κ3) is 2.90. The van der Waals surface area contributed by atoms with E-state index >= 15 is 0 Å². The second-order valence-corrected chi connectivity index (χ2v) is 8.67. The number of anilines is 1. The van der Waals surface area contributed by atoms with Crippen LogP contribution in [0.5, 0.6) is 5.75 Å². The molecule has 2 saturated carbocycles. The van der Waals surface area contributed by atoms with E-state index in [2.05, 4.69) is 20.8 Å². The Bertz CT molecular complexity index is 1110. The van der Waals surface area contributed by atoms with Crippen LogP contribution in [0.3, 0.4) is 0 Å². The van der Waals surface area contributed by atoms with Crippen LogP contribution in [0, 0.1) is 11.3 Å². The van der Waals surface area contributed by atoms with Gasteiger partial charge >= 0.3 is 0 Å². The summed E-state index contributed by atoms with van der Waals surface area (Å²) < 4.78 is 9.79. The number of hydrogen-bond donors (Lipinski definition) is 2. The monoisotopic (exact) mass is 392 g/mol. The Hall–Kier alpha value is -2.87. The number of rotatable bonds is 6. The number of carbonyl (C=O) groups excluding carboxylic acids is 1. The maximum absolute atomic E-state index is 12.0. The minimum absolute atomic E-state index is 0.0639. The van der Waals surface area contributed by atoms with Gasteiger partial charge in [-0.3, -0.25) is 9.48 Å². The number of nitrogens with one attached hydrogen (secondary N) is 2. The first-order valence-electron chi connectivity index (χ1n) is 10.3. The molecule has 8 heteroatoms. The van der Waals surface area contributed by atoms with Crippen molar-refractivity contribution in [3.63, 3.8) is 0 Å². The van der Waals surface area contributed by atoms with Gasteiger partial charge in [-0.15, -0.1) is 0 Å². The molecule has 150 valence electrons. The quantitative estimate of drug-likeness (QED) is 0.672. The molecule has 3 aliphatic rings. The number of aromatic nitrogens is 4. The van der Waals surface area contributed by atoms with E-state index in [1.54, 1.807) is 10.7 Å². The van der Waals surface area contributed by atoms with E-state index in [-0.39, 0.29) is 11.8 Å². The second-order valence-electron chi connectivity index (χ2n) is 8.67. The summed E-state index contributed by atoms with van der Waals surface area (Å²) in [7, 11) is 1.92. The molecular weight excluding hydrogens is 368 g/mol. The Morgan fingerprint density at radius 1 is 1.38 bits per heavy atom. The Labute approximate surface area is 168 Å². The van der Waals surface area contributed by atoms with Crippen molar-refractivity contribution in [2.24, 2.45) is 18.4 Å². The zero-order valence-electron chi connectivity index (χ0n) is 16.4. The van der Waals surface area contributed by atoms with E-state index in [1.165, 1.54) is 12.8 Å². The molecule has 0 unspecified atom stereocenters. The number of fused-ring (bicyclic) bond motifs is 1. The summed E-state index contributed by atoms with van der Waals surface area (Å²) >= 11 is 0. The second kappa shape index (κ2) is 6.06. The molecule has 3 fully saturated rings. The van der Waals surface area contributed by atoms with E-state index in [0.717, 1.165) is 41.9 Å². The Kier molecular flexibility index (Phi) is 3.56. The van der Waals surface area contributed by atoms with Gasteiger partial charge in [0, 0.05) is 48.8 Å². The van der Waals surface area contributed by atoms with Crippen molar-refractivity contribution in [3.8, 4) is 17.0 Å². The van der Waals surface area contributed by atoms with Crippen LogP contribution in [0.25, 0.3) is 16.8 Å². The highest BCUT2D eigenvalue weighted by atomic mass is 16.5. The Morgan fingerprint density at radius 3 is 2.97 bits per heavy atom. The van der Waals surface area contributed by atoms with Gasteiger partial charge in [0.2, 0.25) is 5.91 Å². The van der Waals surface area contributed by atoms with Crippen LogP contribution in [0.4, 0.5) is 5.82 Å². The first kappa shape index (κ1) is 17.0. The average molecular weight is 392 g/mol. The van der Waals surface area contributed by atoms with E-state index in [1.807, 2.05) is 36.1 Å². The van der Waals surface area contributed by atoms with Gasteiger partial charge < -0.3 is 15.4 Å². The molecule has 1 atom stereocenters. The molecule has 4 heterocycles. The number of amides is 1. The molecule has 29 heavy (non-hydrogen) atoms. The fourth-order valence-corrected chi connectivity index (χ4v) is 4.26. The average Bonchev–Trinajstić information content (AvgIpc) is 3.60. The SMILES string of the molecule is Cn1ncc(OC[C@@H]2NCC23CC3)c1-c1ccn2nc(NC(=O)C3CC3)cc2c1. The van der Waals surface area contributed by atoms with Gasteiger partial charge in [0.1, 0.15) is 12.3 Å². The highest BCUT2D eigenvalue weighted by Gasteiger charge is 2.55. The first-order valence-corrected chi connectivity index (χ1v) is 10.3. The van der Waals surface area contributed by atoms with Crippen LogP contribution in [0.1, 0.15) is 25.7 Å². The molecule has 1 aliphatic heterocycles. The summed E-state index contributed by atoms with van der Waals surface area (Å²) in [6.07, 6.45) is 8.27. The first-order chi connectivity index (χ1) is 14.1. The van der Waals surface area contributed by atoms with Crippen LogP contribution < -0.4 is 15.4 Å². The number of carbonyl (C=O) groups is 1. The molecule has 3 aromatic rings.